The second kappa shape index (κ2) is 10.1. The monoisotopic (exact) mass is 401 g/mol. The molecule has 1 saturated heterocycles. The van der Waals surface area contributed by atoms with Crippen LogP contribution in [0.25, 0.3) is 0 Å². The van der Waals surface area contributed by atoms with Crippen LogP contribution in [0.1, 0.15) is 49.9 Å². The molecule has 1 aliphatic rings. The predicted octanol–water partition coefficient (Wildman–Crippen LogP) is 3.25. The molecule has 146 valence electrons. The number of halogens is 2. The van der Waals surface area contributed by atoms with E-state index in [1.807, 2.05) is 13.8 Å². The lowest BCUT2D eigenvalue weighted by atomic mass is 9.90. The summed E-state index contributed by atoms with van der Waals surface area (Å²) in [5.74, 6) is -0.234. The van der Waals surface area contributed by atoms with Crippen molar-refractivity contribution in [1.82, 2.24) is 10.2 Å². The minimum Gasteiger partial charge on any atom is -0.349 e. The Morgan fingerprint density at radius 1 is 1.27 bits per heavy atom. The van der Waals surface area contributed by atoms with Gasteiger partial charge in [0.1, 0.15) is 0 Å². The lowest BCUT2D eigenvalue weighted by Gasteiger charge is -2.36. The van der Waals surface area contributed by atoms with E-state index in [4.69, 9.17) is 17.3 Å². The Morgan fingerprint density at radius 2 is 1.88 bits per heavy atom. The maximum Gasteiger partial charge on any atom is 0.253 e. The first kappa shape index (κ1) is 22.7. The van der Waals surface area contributed by atoms with Gasteiger partial charge in [0.2, 0.25) is 5.91 Å². The van der Waals surface area contributed by atoms with Crippen LogP contribution in [0.3, 0.4) is 0 Å². The van der Waals surface area contributed by atoms with Gasteiger partial charge in [0, 0.05) is 30.2 Å². The van der Waals surface area contributed by atoms with Crippen LogP contribution in [0.4, 0.5) is 0 Å². The molecular formula is C19H29Cl2N3O2. The molecule has 1 heterocycles. The van der Waals surface area contributed by atoms with Gasteiger partial charge in [-0.05, 0) is 49.9 Å². The Bertz CT molecular complexity index is 595. The third-order valence-corrected chi connectivity index (χ3v) is 5.56. The molecule has 0 aromatic heterocycles. The van der Waals surface area contributed by atoms with Gasteiger partial charge in [-0.25, -0.2) is 0 Å². The number of nitrogens with zero attached hydrogens (tertiary/aromatic N) is 1. The zero-order chi connectivity index (χ0) is 18.4. The van der Waals surface area contributed by atoms with Gasteiger partial charge in [-0.2, -0.15) is 0 Å². The molecular weight excluding hydrogens is 373 g/mol. The first-order valence-electron chi connectivity index (χ1n) is 9.01. The fourth-order valence-corrected chi connectivity index (χ4v) is 3.41. The quantitative estimate of drug-likeness (QED) is 0.767. The Morgan fingerprint density at radius 3 is 2.42 bits per heavy atom. The first-order chi connectivity index (χ1) is 11.9. The molecule has 2 amide bonds. The van der Waals surface area contributed by atoms with Crippen molar-refractivity contribution in [2.24, 2.45) is 11.7 Å². The number of likely N-dealkylation sites (tertiary alicyclic amines) is 1. The van der Waals surface area contributed by atoms with Gasteiger partial charge in [-0.1, -0.05) is 25.4 Å². The van der Waals surface area contributed by atoms with Gasteiger partial charge >= 0.3 is 0 Å². The molecule has 3 N–H and O–H groups in total. The summed E-state index contributed by atoms with van der Waals surface area (Å²) >= 11 is 5.88. The van der Waals surface area contributed by atoms with Crippen LogP contribution in [0, 0.1) is 5.92 Å². The molecule has 0 spiro atoms. The average molecular weight is 402 g/mol. The van der Waals surface area contributed by atoms with E-state index in [9.17, 15) is 9.59 Å². The molecule has 0 aliphatic carbocycles. The molecule has 1 atom stereocenters. The van der Waals surface area contributed by atoms with Crippen molar-refractivity contribution < 1.29 is 9.59 Å². The van der Waals surface area contributed by atoms with Crippen molar-refractivity contribution in [3.05, 3.63) is 34.9 Å². The number of nitrogens with one attached hydrogen (secondary N) is 1. The van der Waals surface area contributed by atoms with Crippen molar-refractivity contribution in [3.63, 3.8) is 0 Å². The molecule has 1 aromatic carbocycles. The minimum atomic E-state index is -0.348. The smallest absolute Gasteiger partial charge is 0.253 e. The minimum absolute atomic E-state index is 0. The van der Waals surface area contributed by atoms with Crippen LogP contribution in [0.2, 0.25) is 5.02 Å². The number of hydrogen-bond acceptors (Lipinski definition) is 3. The van der Waals surface area contributed by atoms with Gasteiger partial charge in [0.25, 0.3) is 5.91 Å². The van der Waals surface area contributed by atoms with Crippen LogP contribution in [-0.2, 0) is 4.79 Å². The Balaban J connectivity index is 0.00000338. The second-order valence-electron chi connectivity index (χ2n) is 6.78. The summed E-state index contributed by atoms with van der Waals surface area (Å²) in [5.41, 5.74) is 6.13. The number of amides is 2. The number of rotatable bonds is 6. The molecule has 0 saturated carbocycles. The molecule has 0 radical (unpaired) electrons. The van der Waals surface area contributed by atoms with Gasteiger partial charge in [-0.3, -0.25) is 9.59 Å². The van der Waals surface area contributed by atoms with Crippen LogP contribution in [0.15, 0.2) is 24.3 Å². The number of hydrogen-bond donors (Lipinski definition) is 2. The van der Waals surface area contributed by atoms with Gasteiger partial charge in [0.15, 0.2) is 0 Å². The predicted molar refractivity (Wildman–Crippen MR) is 108 cm³/mol. The number of piperidine rings is 1. The summed E-state index contributed by atoms with van der Waals surface area (Å²) in [6.07, 6.45) is 3.22. The average Bonchev–Trinajstić information content (AvgIpc) is 2.66. The summed E-state index contributed by atoms with van der Waals surface area (Å²) < 4.78 is 0. The maximum absolute atomic E-state index is 12.7. The summed E-state index contributed by atoms with van der Waals surface area (Å²) in [4.78, 5) is 27.1. The van der Waals surface area contributed by atoms with E-state index in [2.05, 4.69) is 5.32 Å². The molecule has 1 aromatic rings. The number of carbonyl (C=O) groups excluding carboxylic acids is 2. The molecule has 1 aliphatic heterocycles. The van der Waals surface area contributed by atoms with Crippen molar-refractivity contribution in [1.29, 1.82) is 0 Å². The van der Waals surface area contributed by atoms with Crippen LogP contribution >= 0.6 is 24.0 Å². The van der Waals surface area contributed by atoms with E-state index in [1.54, 1.807) is 29.2 Å². The van der Waals surface area contributed by atoms with Crippen LogP contribution < -0.4 is 11.1 Å². The third-order valence-electron chi connectivity index (χ3n) is 5.30. The highest BCUT2D eigenvalue weighted by atomic mass is 35.5. The van der Waals surface area contributed by atoms with Crippen LogP contribution in [0.5, 0.6) is 0 Å². The molecule has 26 heavy (non-hydrogen) atoms. The van der Waals surface area contributed by atoms with Crippen molar-refractivity contribution in [2.45, 2.75) is 45.1 Å². The highest BCUT2D eigenvalue weighted by Crippen LogP contribution is 2.22. The van der Waals surface area contributed by atoms with Gasteiger partial charge in [-0.15, -0.1) is 12.4 Å². The normalized spacial score (nSPS) is 17.4. The summed E-state index contributed by atoms with van der Waals surface area (Å²) in [5, 5.41) is 3.74. The van der Waals surface area contributed by atoms with E-state index in [0.29, 0.717) is 30.2 Å². The lowest BCUT2D eigenvalue weighted by Crippen LogP contribution is -2.56. The van der Waals surface area contributed by atoms with E-state index in [1.165, 1.54) is 0 Å². The summed E-state index contributed by atoms with van der Waals surface area (Å²) in [7, 11) is 0. The lowest BCUT2D eigenvalue weighted by molar-refractivity contribution is -0.128. The topological polar surface area (TPSA) is 75.4 Å². The fraction of sp³-hybridized carbons (Fsp3) is 0.579. The maximum atomic E-state index is 12.7. The van der Waals surface area contributed by atoms with E-state index in [-0.39, 0.29) is 35.7 Å². The third kappa shape index (κ3) is 5.35. The molecule has 2 rings (SSSR count). The highest BCUT2D eigenvalue weighted by Gasteiger charge is 2.33. The summed E-state index contributed by atoms with van der Waals surface area (Å²) in [6, 6.07) is 6.87. The van der Waals surface area contributed by atoms with Crippen molar-refractivity contribution >= 4 is 35.8 Å². The number of benzene rings is 1. The Hall–Kier alpha value is -1.30. The SMILES string of the molecule is CCC(CC)(CN)NC(=O)C1CCCN(C(=O)c2ccc(Cl)cc2)C1.Cl. The van der Waals surface area contributed by atoms with E-state index in [0.717, 1.165) is 25.7 Å². The Labute approximate surface area is 167 Å². The molecule has 1 unspecified atom stereocenters. The zero-order valence-corrected chi connectivity index (χ0v) is 17.0. The van der Waals surface area contributed by atoms with Crippen LogP contribution in [-0.4, -0.2) is 41.9 Å². The molecule has 7 heteroatoms. The standard InChI is InChI=1S/C19H28ClN3O2.ClH/c1-3-19(4-2,13-21)22-17(24)15-6-5-11-23(12-15)18(25)14-7-9-16(20)10-8-14;/h7-10,15H,3-6,11-13,21H2,1-2H3,(H,22,24);1H. The Kier molecular flexibility index (Phi) is 8.87. The fourth-order valence-electron chi connectivity index (χ4n) is 3.28. The molecule has 1 fully saturated rings. The largest absolute Gasteiger partial charge is 0.349 e. The van der Waals surface area contributed by atoms with Crippen molar-refractivity contribution in [2.75, 3.05) is 19.6 Å². The van der Waals surface area contributed by atoms with Crippen molar-refractivity contribution in [3.8, 4) is 0 Å². The summed E-state index contributed by atoms with van der Waals surface area (Å²) in [6.45, 7) is 5.61. The van der Waals surface area contributed by atoms with Gasteiger partial charge in [0.05, 0.1) is 11.5 Å². The van der Waals surface area contributed by atoms with Gasteiger partial charge < -0.3 is 16.0 Å². The highest BCUT2D eigenvalue weighted by molar-refractivity contribution is 6.30. The zero-order valence-electron chi connectivity index (χ0n) is 15.5. The number of nitrogens with two attached hydrogens (primary N) is 1. The molecule has 5 nitrogen and oxygen atoms in total. The van der Waals surface area contributed by atoms with E-state index >= 15 is 0 Å². The second-order valence-corrected chi connectivity index (χ2v) is 7.21. The number of carbonyl (C=O) groups is 2. The first-order valence-corrected chi connectivity index (χ1v) is 9.39. The molecule has 0 bridgehead atoms. The van der Waals surface area contributed by atoms with E-state index < -0.39 is 0 Å².